The molecule has 2 aromatic carbocycles. The number of benzene rings is 2. The standard InChI is InChI=1S/C28H32N6O/c1-19-7-9-22(10-8-19)27-25(18-34(3)33-27)26-13-16-30-28(32-26)31-23-5-4-6-24(17-23)35-20(2)21-11-14-29-15-12-21/h4-10,13,16-18,20-21,29H,11-12,14-15H2,1-3H3,(H,30,31,32). The second kappa shape index (κ2) is 10.3. The molecule has 0 amide bonds. The van der Waals surface area contributed by atoms with Gasteiger partial charge in [-0.2, -0.15) is 5.10 Å². The second-order valence-electron chi connectivity index (χ2n) is 9.26. The molecule has 1 saturated heterocycles. The Morgan fingerprint density at radius 3 is 2.69 bits per heavy atom. The van der Waals surface area contributed by atoms with Crippen LogP contribution in [0.25, 0.3) is 22.5 Å². The lowest BCUT2D eigenvalue weighted by molar-refractivity contribution is 0.128. The van der Waals surface area contributed by atoms with Crippen molar-refractivity contribution in [1.29, 1.82) is 0 Å². The van der Waals surface area contributed by atoms with E-state index in [1.807, 2.05) is 48.3 Å². The summed E-state index contributed by atoms with van der Waals surface area (Å²) in [6.45, 7) is 6.38. The van der Waals surface area contributed by atoms with Crippen molar-refractivity contribution in [3.63, 3.8) is 0 Å². The van der Waals surface area contributed by atoms with Gasteiger partial charge in [-0.3, -0.25) is 4.68 Å². The summed E-state index contributed by atoms with van der Waals surface area (Å²) in [6, 6.07) is 18.3. The molecule has 2 N–H and O–H groups in total. The van der Waals surface area contributed by atoms with Gasteiger partial charge in [0.2, 0.25) is 5.95 Å². The fourth-order valence-electron chi connectivity index (χ4n) is 4.57. The van der Waals surface area contributed by atoms with Crippen molar-refractivity contribution >= 4 is 11.6 Å². The van der Waals surface area contributed by atoms with E-state index >= 15 is 0 Å². The molecule has 5 rings (SSSR count). The van der Waals surface area contributed by atoms with Crippen LogP contribution in [0.4, 0.5) is 11.6 Å². The van der Waals surface area contributed by atoms with Crippen molar-refractivity contribution in [2.24, 2.45) is 13.0 Å². The van der Waals surface area contributed by atoms with Crippen LogP contribution in [0.1, 0.15) is 25.3 Å². The number of hydrogen-bond acceptors (Lipinski definition) is 6. The van der Waals surface area contributed by atoms with Crippen LogP contribution >= 0.6 is 0 Å². The monoisotopic (exact) mass is 468 g/mol. The van der Waals surface area contributed by atoms with Crippen molar-refractivity contribution in [2.45, 2.75) is 32.8 Å². The maximum atomic E-state index is 6.28. The second-order valence-corrected chi connectivity index (χ2v) is 9.26. The van der Waals surface area contributed by atoms with Gasteiger partial charge in [-0.1, -0.05) is 35.9 Å². The van der Waals surface area contributed by atoms with Gasteiger partial charge in [-0.15, -0.1) is 0 Å². The third-order valence-corrected chi connectivity index (χ3v) is 6.55. The van der Waals surface area contributed by atoms with Crippen molar-refractivity contribution in [3.05, 3.63) is 72.6 Å². The van der Waals surface area contributed by atoms with E-state index in [-0.39, 0.29) is 6.10 Å². The fourth-order valence-corrected chi connectivity index (χ4v) is 4.57. The van der Waals surface area contributed by atoms with E-state index in [1.165, 1.54) is 5.56 Å². The minimum atomic E-state index is 0.178. The molecular weight excluding hydrogens is 436 g/mol. The number of anilines is 2. The lowest BCUT2D eigenvalue weighted by Gasteiger charge is -2.28. The number of hydrogen-bond donors (Lipinski definition) is 2. The first-order valence-corrected chi connectivity index (χ1v) is 12.2. The lowest BCUT2D eigenvalue weighted by Crippen LogP contribution is -2.35. The van der Waals surface area contributed by atoms with E-state index in [4.69, 9.17) is 14.8 Å². The highest BCUT2D eigenvalue weighted by atomic mass is 16.5. The number of nitrogens with one attached hydrogen (secondary N) is 2. The van der Waals surface area contributed by atoms with Gasteiger partial charge < -0.3 is 15.4 Å². The summed E-state index contributed by atoms with van der Waals surface area (Å²) < 4.78 is 8.10. The predicted molar refractivity (Wildman–Crippen MR) is 140 cm³/mol. The van der Waals surface area contributed by atoms with Gasteiger partial charge in [0, 0.05) is 42.3 Å². The Kier molecular flexibility index (Phi) is 6.77. The van der Waals surface area contributed by atoms with Gasteiger partial charge in [-0.05, 0) is 63.9 Å². The van der Waals surface area contributed by atoms with Crippen molar-refractivity contribution < 1.29 is 4.74 Å². The third-order valence-electron chi connectivity index (χ3n) is 6.55. The predicted octanol–water partition coefficient (Wildman–Crippen LogP) is 5.36. The SMILES string of the molecule is Cc1ccc(-c2nn(C)cc2-c2ccnc(Nc3cccc(OC(C)C4CCNCC4)c3)n2)cc1. The number of ether oxygens (including phenoxy) is 1. The Labute approximate surface area is 206 Å². The van der Waals surface area contributed by atoms with Gasteiger partial charge in [0.1, 0.15) is 11.4 Å². The molecule has 180 valence electrons. The molecule has 0 aliphatic carbocycles. The first-order chi connectivity index (χ1) is 17.0. The van der Waals surface area contributed by atoms with Crippen LogP contribution in [0.5, 0.6) is 5.75 Å². The average molecular weight is 469 g/mol. The number of rotatable bonds is 7. The van der Waals surface area contributed by atoms with E-state index in [9.17, 15) is 0 Å². The molecular formula is C28H32N6O. The Balaban J connectivity index is 1.34. The summed E-state index contributed by atoms with van der Waals surface area (Å²) in [5.74, 6) is 1.96. The van der Waals surface area contributed by atoms with Gasteiger partial charge in [0.05, 0.1) is 11.8 Å². The number of piperidine rings is 1. The molecule has 3 heterocycles. The summed E-state index contributed by atoms with van der Waals surface area (Å²) in [6.07, 6.45) is 6.25. The summed E-state index contributed by atoms with van der Waals surface area (Å²) in [5, 5.41) is 11.5. The van der Waals surface area contributed by atoms with Gasteiger partial charge in [0.15, 0.2) is 0 Å². The Bertz CT molecular complexity index is 1280. The number of aromatic nitrogens is 4. The highest BCUT2D eigenvalue weighted by Crippen LogP contribution is 2.31. The summed E-state index contributed by atoms with van der Waals surface area (Å²) in [7, 11) is 1.93. The maximum Gasteiger partial charge on any atom is 0.227 e. The zero-order valence-corrected chi connectivity index (χ0v) is 20.5. The molecule has 1 aliphatic heterocycles. The minimum Gasteiger partial charge on any atom is -0.490 e. The van der Waals surface area contributed by atoms with Crippen LogP contribution in [-0.2, 0) is 7.05 Å². The summed E-state index contributed by atoms with van der Waals surface area (Å²) in [5.41, 5.74) is 5.86. The minimum absolute atomic E-state index is 0.178. The Morgan fingerprint density at radius 1 is 1.09 bits per heavy atom. The first-order valence-electron chi connectivity index (χ1n) is 12.2. The smallest absolute Gasteiger partial charge is 0.227 e. The largest absolute Gasteiger partial charge is 0.490 e. The molecule has 1 unspecified atom stereocenters. The molecule has 1 atom stereocenters. The van der Waals surface area contributed by atoms with E-state index in [1.54, 1.807) is 6.20 Å². The zero-order chi connectivity index (χ0) is 24.2. The normalized spacial score (nSPS) is 15.1. The van der Waals surface area contributed by atoms with E-state index < -0.39 is 0 Å². The molecule has 0 saturated carbocycles. The molecule has 0 radical (unpaired) electrons. The molecule has 35 heavy (non-hydrogen) atoms. The molecule has 0 bridgehead atoms. The number of nitrogens with zero attached hydrogens (tertiary/aromatic N) is 4. The average Bonchev–Trinajstić information content (AvgIpc) is 3.27. The van der Waals surface area contributed by atoms with Crippen LogP contribution in [0, 0.1) is 12.8 Å². The number of aryl methyl sites for hydroxylation is 2. The van der Waals surface area contributed by atoms with Crippen molar-refractivity contribution in [3.8, 4) is 28.3 Å². The van der Waals surface area contributed by atoms with E-state index in [0.29, 0.717) is 11.9 Å². The Hall–Kier alpha value is -3.71. The van der Waals surface area contributed by atoms with E-state index in [2.05, 4.69) is 53.7 Å². The fraction of sp³-hybridized carbons (Fsp3) is 0.321. The molecule has 1 aliphatic rings. The van der Waals surface area contributed by atoms with E-state index in [0.717, 1.165) is 59.9 Å². The third kappa shape index (κ3) is 5.52. The summed E-state index contributed by atoms with van der Waals surface area (Å²) in [4.78, 5) is 9.24. The topological polar surface area (TPSA) is 76.9 Å². The molecule has 0 spiro atoms. The van der Waals surface area contributed by atoms with Crippen LogP contribution in [0.2, 0.25) is 0 Å². The molecule has 7 nitrogen and oxygen atoms in total. The van der Waals surface area contributed by atoms with Gasteiger partial charge >= 0.3 is 0 Å². The lowest BCUT2D eigenvalue weighted by atomic mass is 9.93. The highest BCUT2D eigenvalue weighted by Gasteiger charge is 2.21. The van der Waals surface area contributed by atoms with Crippen LogP contribution in [0.15, 0.2) is 67.0 Å². The van der Waals surface area contributed by atoms with Crippen LogP contribution in [0.3, 0.4) is 0 Å². The van der Waals surface area contributed by atoms with Gasteiger partial charge in [-0.25, -0.2) is 9.97 Å². The first kappa shape index (κ1) is 23.1. The van der Waals surface area contributed by atoms with Crippen LogP contribution < -0.4 is 15.4 Å². The molecule has 4 aromatic rings. The molecule has 7 heteroatoms. The zero-order valence-electron chi connectivity index (χ0n) is 20.5. The molecule has 2 aromatic heterocycles. The van der Waals surface area contributed by atoms with Crippen LogP contribution in [-0.4, -0.2) is 38.9 Å². The van der Waals surface area contributed by atoms with Crippen molar-refractivity contribution in [1.82, 2.24) is 25.1 Å². The maximum absolute atomic E-state index is 6.28. The van der Waals surface area contributed by atoms with Crippen molar-refractivity contribution in [2.75, 3.05) is 18.4 Å². The quantitative estimate of drug-likeness (QED) is 0.380. The summed E-state index contributed by atoms with van der Waals surface area (Å²) >= 11 is 0. The highest BCUT2D eigenvalue weighted by molar-refractivity contribution is 5.79. The van der Waals surface area contributed by atoms with Gasteiger partial charge in [0.25, 0.3) is 0 Å². The Morgan fingerprint density at radius 2 is 1.89 bits per heavy atom. The molecule has 1 fully saturated rings.